The molecule has 0 fully saturated rings. The van der Waals surface area contributed by atoms with Crippen LogP contribution in [0.1, 0.15) is 10.4 Å². The molecule has 2 N–H and O–H groups in total. The number of anilines is 1. The van der Waals surface area contributed by atoms with E-state index in [1.165, 1.54) is 4.80 Å². The highest BCUT2D eigenvalue weighted by molar-refractivity contribution is 6.07. The summed E-state index contributed by atoms with van der Waals surface area (Å²) in [5.74, 6) is -0.489. The Bertz CT molecular complexity index is 796. The summed E-state index contributed by atoms with van der Waals surface area (Å²) in [5, 5.41) is 25.3. The van der Waals surface area contributed by atoms with E-state index in [9.17, 15) is 9.90 Å². The van der Waals surface area contributed by atoms with E-state index in [1.54, 1.807) is 19.2 Å². The van der Waals surface area contributed by atoms with Gasteiger partial charge in [-0.1, -0.05) is 29.4 Å². The van der Waals surface area contributed by atoms with Crippen molar-refractivity contribution in [3.63, 3.8) is 0 Å². The van der Waals surface area contributed by atoms with Crippen LogP contribution in [-0.4, -0.2) is 31.2 Å². The quantitative estimate of drug-likeness (QED) is 0.732. The summed E-state index contributed by atoms with van der Waals surface area (Å²) in [4.78, 5) is 13.3. The molecule has 0 saturated heterocycles. The molecule has 0 bridgehead atoms. The van der Waals surface area contributed by atoms with Crippen molar-refractivity contribution in [3.8, 4) is 5.75 Å². The lowest BCUT2D eigenvalue weighted by Crippen LogP contribution is -2.13. The zero-order chi connectivity index (χ0) is 14.1. The molecule has 0 radical (unpaired) electrons. The van der Waals surface area contributed by atoms with Crippen LogP contribution in [0.4, 0.5) is 5.95 Å². The Balaban J connectivity index is 1.96. The molecule has 7 heteroatoms. The van der Waals surface area contributed by atoms with E-state index in [1.807, 2.05) is 24.3 Å². The van der Waals surface area contributed by atoms with Crippen LogP contribution in [0.2, 0.25) is 0 Å². The lowest BCUT2D eigenvalue weighted by Gasteiger charge is -2.06. The van der Waals surface area contributed by atoms with Crippen LogP contribution in [0, 0.1) is 0 Å². The van der Waals surface area contributed by atoms with Gasteiger partial charge in [-0.3, -0.25) is 10.1 Å². The molecule has 1 amide bonds. The standard InChI is InChI=1S/C13H11N5O2/c1-18-16-13(15-17-18)14-12(20)10-6-8-4-2-3-5-9(8)7-11(10)19/h2-7,19H,1H3,(H,14,16,20). The van der Waals surface area contributed by atoms with Crippen molar-refractivity contribution < 1.29 is 9.90 Å². The highest BCUT2D eigenvalue weighted by Crippen LogP contribution is 2.25. The fraction of sp³-hybridized carbons (Fsp3) is 0.0769. The van der Waals surface area contributed by atoms with Crippen molar-refractivity contribution >= 4 is 22.6 Å². The van der Waals surface area contributed by atoms with Crippen molar-refractivity contribution in [2.75, 3.05) is 5.32 Å². The summed E-state index contributed by atoms with van der Waals surface area (Å²) in [6.07, 6.45) is 0. The van der Waals surface area contributed by atoms with Crippen LogP contribution in [0.25, 0.3) is 10.8 Å². The molecule has 20 heavy (non-hydrogen) atoms. The van der Waals surface area contributed by atoms with E-state index < -0.39 is 5.91 Å². The van der Waals surface area contributed by atoms with Crippen LogP contribution in [-0.2, 0) is 7.05 Å². The first-order chi connectivity index (χ1) is 9.63. The minimum Gasteiger partial charge on any atom is -0.507 e. The second-order valence-corrected chi connectivity index (χ2v) is 4.27. The summed E-state index contributed by atoms with van der Waals surface area (Å²) in [7, 11) is 1.59. The number of tetrazole rings is 1. The second kappa shape index (κ2) is 4.61. The van der Waals surface area contributed by atoms with E-state index in [0.717, 1.165) is 10.8 Å². The van der Waals surface area contributed by atoms with Crippen molar-refractivity contribution in [2.24, 2.45) is 7.05 Å². The molecule has 0 spiro atoms. The lowest BCUT2D eigenvalue weighted by molar-refractivity contribution is 0.102. The number of aromatic nitrogens is 4. The molecule has 2 aromatic carbocycles. The number of nitrogens with one attached hydrogen (secondary N) is 1. The number of phenolic OH excluding ortho intramolecular Hbond substituents is 1. The van der Waals surface area contributed by atoms with Gasteiger partial charge in [-0.25, -0.2) is 0 Å². The number of hydrogen-bond donors (Lipinski definition) is 2. The molecular formula is C13H11N5O2. The zero-order valence-corrected chi connectivity index (χ0v) is 10.6. The third-order valence-corrected chi connectivity index (χ3v) is 2.84. The minimum absolute atomic E-state index is 0.0880. The van der Waals surface area contributed by atoms with Gasteiger partial charge >= 0.3 is 0 Å². The molecule has 0 saturated carbocycles. The number of hydrogen-bond acceptors (Lipinski definition) is 5. The van der Waals surface area contributed by atoms with Crippen LogP contribution in [0.5, 0.6) is 5.75 Å². The lowest BCUT2D eigenvalue weighted by atomic mass is 10.1. The predicted octanol–water partition coefficient (Wildman–Crippen LogP) is 1.32. The van der Waals surface area contributed by atoms with Gasteiger partial charge in [0.1, 0.15) is 5.75 Å². The first-order valence-electron chi connectivity index (χ1n) is 5.90. The first-order valence-corrected chi connectivity index (χ1v) is 5.90. The number of carbonyl (C=O) groups is 1. The van der Waals surface area contributed by atoms with Gasteiger partial charge in [0.2, 0.25) is 0 Å². The number of carbonyl (C=O) groups excluding carboxylic acids is 1. The van der Waals surface area contributed by atoms with Gasteiger partial charge in [0.15, 0.2) is 0 Å². The van der Waals surface area contributed by atoms with Gasteiger partial charge in [-0.2, -0.15) is 4.80 Å². The van der Waals surface area contributed by atoms with E-state index in [4.69, 9.17) is 0 Å². The number of rotatable bonds is 2. The maximum atomic E-state index is 12.1. The molecule has 0 aliphatic heterocycles. The summed E-state index contributed by atoms with van der Waals surface area (Å²) in [5.41, 5.74) is 0.163. The first kappa shape index (κ1) is 12.1. The van der Waals surface area contributed by atoms with Crippen LogP contribution < -0.4 is 5.32 Å². The molecule has 0 atom stereocenters. The Hall–Kier alpha value is -2.96. The highest BCUT2D eigenvalue weighted by atomic mass is 16.3. The highest BCUT2D eigenvalue weighted by Gasteiger charge is 2.14. The predicted molar refractivity (Wildman–Crippen MR) is 72.4 cm³/mol. The van der Waals surface area contributed by atoms with Gasteiger partial charge in [0, 0.05) is 0 Å². The van der Waals surface area contributed by atoms with Gasteiger partial charge in [0.05, 0.1) is 12.6 Å². The molecule has 100 valence electrons. The zero-order valence-electron chi connectivity index (χ0n) is 10.6. The van der Waals surface area contributed by atoms with Crippen molar-refractivity contribution in [3.05, 3.63) is 42.0 Å². The summed E-state index contributed by atoms with van der Waals surface area (Å²) >= 11 is 0. The number of fused-ring (bicyclic) bond motifs is 1. The summed E-state index contributed by atoms with van der Waals surface area (Å²) in [6, 6.07) is 10.6. The third kappa shape index (κ3) is 2.16. The third-order valence-electron chi connectivity index (χ3n) is 2.84. The van der Waals surface area contributed by atoms with Gasteiger partial charge < -0.3 is 5.11 Å². The fourth-order valence-corrected chi connectivity index (χ4v) is 1.91. The van der Waals surface area contributed by atoms with Crippen molar-refractivity contribution in [2.45, 2.75) is 0 Å². The monoisotopic (exact) mass is 269 g/mol. The SMILES string of the molecule is Cn1nnc(NC(=O)c2cc3ccccc3cc2O)n1. The normalized spacial score (nSPS) is 10.7. The van der Waals surface area contributed by atoms with E-state index in [0.29, 0.717) is 0 Å². The molecule has 0 unspecified atom stereocenters. The topological polar surface area (TPSA) is 92.9 Å². The number of aryl methyl sites for hydroxylation is 1. The van der Waals surface area contributed by atoms with Gasteiger partial charge in [0.25, 0.3) is 11.9 Å². The molecule has 0 aliphatic rings. The molecule has 1 aromatic heterocycles. The van der Waals surface area contributed by atoms with Crippen LogP contribution in [0.15, 0.2) is 36.4 Å². The molecule has 1 heterocycles. The maximum Gasteiger partial charge on any atom is 0.270 e. The Morgan fingerprint density at radius 3 is 2.60 bits per heavy atom. The Labute approximate surface area is 113 Å². The minimum atomic E-state index is -0.485. The molecule has 0 aliphatic carbocycles. The van der Waals surface area contributed by atoms with E-state index in [-0.39, 0.29) is 17.3 Å². The van der Waals surface area contributed by atoms with Crippen LogP contribution in [0.3, 0.4) is 0 Å². The Kier molecular flexibility index (Phi) is 2.79. The van der Waals surface area contributed by atoms with Gasteiger partial charge in [-0.05, 0) is 28.1 Å². The average Bonchev–Trinajstić information content (AvgIpc) is 2.83. The van der Waals surface area contributed by atoms with Crippen molar-refractivity contribution in [1.29, 1.82) is 0 Å². The molecular weight excluding hydrogens is 258 g/mol. The van der Waals surface area contributed by atoms with Gasteiger partial charge in [-0.15, -0.1) is 5.10 Å². The van der Waals surface area contributed by atoms with Crippen LogP contribution >= 0.6 is 0 Å². The number of nitrogens with zero attached hydrogens (tertiary/aromatic N) is 4. The molecule has 7 nitrogen and oxygen atoms in total. The number of phenols is 1. The maximum absolute atomic E-state index is 12.1. The largest absolute Gasteiger partial charge is 0.507 e. The molecule has 3 aromatic rings. The number of benzene rings is 2. The Morgan fingerprint density at radius 2 is 1.95 bits per heavy atom. The van der Waals surface area contributed by atoms with E-state index >= 15 is 0 Å². The van der Waals surface area contributed by atoms with Crippen molar-refractivity contribution in [1.82, 2.24) is 20.2 Å². The summed E-state index contributed by atoms with van der Waals surface area (Å²) in [6.45, 7) is 0. The summed E-state index contributed by atoms with van der Waals surface area (Å²) < 4.78 is 0. The number of amides is 1. The second-order valence-electron chi connectivity index (χ2n) is 4.27. The average molecular weight is 269 g/mol. The fourth-order valence-electron chi connectivity index (χ4n) is 1.91. The van der Waals surface area contributed by atoms with E-state index in [2.05, 4.69) is 20.7 Å². The molecule has 3 rings (SSSR count). The Morgan fingerprint density at radius 1 is 1.25 bits per heavy atom. The number of aromatic hydroxyl groups is 1. The smallest absolute Gasteiger partial charge is 0.270 e.